The molecule has 0 saturated heterocycles. The van der Waals surface area contributed by atoms with Gasteiger partial charge in [-0.15, -0.1) is 0 Å². The maximum Gasteiger partial charge on any atom is 0.335 e. The number of aromatic carboxylic acids is 4. The Labute approximate surface area is 535 Å². The topological polar surface area (TPSA) is 411 Å². The standard InChI is InChI=1S/C65H65N13O16/c79-54-9-10-55(80)77(54)26-34-1-5-36(6-2-34)58(83)66-13-15-68-60(85)46-25-47(61(86)69-16-14-67-59(84)37-7-3-35(4-8-37)27-78-56(81)11-12-57(78)82)53-33-76-30-44-19-40(64(91)92)23-50(72-44)48-21-38(62(87)88)17-42(70-48)28-75(32-52(46)74-53)29-43-18-39(63(89)90)22-49(71-43)51-24-41(65(93)94)20-45(31-76)73-51/h9-12,17-25,34-37H,1-8,13-16,26-33H2,(H,66,83)(H,67,84)(H,68,85)(H,69,86)(H,87,88)(H,89,90)(H,91,92)(H,93,94). The summed E-state index contributed by atoms with van der Waals surface area (Å²) in [5.74, 6) is -9.72. The Hall–Kier alpha value is -10.8. The van der Waals surface area contributed by atoms with Gasteiger partial charge in [0.25, 0.3) is 35.4 Å². The van der Waals surface area contributed by atoms with Crippen molar-refractivity contribution < 1.29 is 78.0 Å². The summed E-state index contributed by atoms with van der Waals surface area (Å²) in [4.78, 5) is 187. The third kappa shape index (κ3) is 15.2. The number of nitrogens with zero attached hydrogens (tertiary/aromatic N) is 9. The van der Waals surface area contributed by atoms with Crippen LogP contribution in [0.25, 0.3) is 22.8 Å². The summed E-state index contributed by atoms with van der Waals surface area (Å²) in [5, 5.41) is 53.4. The normalized spacial score (nSPS) is 20.7. The molecule has 29 nitrogen and oxygen atoms in total. The van der Waals surface area contributed by atoms with Crippen LogP contribution in [0.4, 0.5) is 0 Å². The first-order valence-electron chi connectivity index (χ1n) is 30.7. The number of pyridine rings is 5. The predicted octanol–water partition coefficient (Wildman–Crippen LogP) is 2.97. The summed E-state index contributed by atoms with van der Waals surface area (Å²) in [6, 6.07) is 11.3. The van der Waals surface area contributed by atoms with Gasteiger partial charge < -0.3 is 41.7 Å². The van der Waals surface area contributed by atoms with Crippen LogP contribution < -0.4 is 21.3 Å². The lowest BCUT2D eigenvalue weighted by Gasteiger charge is -2.30. The van der Waals surface area contributed by atoms with Gasteiger partial charge >= 0.3 is 23.9 Å². The van der Waals surface area contributed by atoms with E-state index in [0.717, 1.165) is 0 Å². The molecule has 5 aromatic rings. The van der Waals surface area contributed by atoms with Gasteiger partial charge in [-0.05, 0) is 118 Å². The third-order valence-corrected chi connectivity index (χ3v) is 17.5. The van der Waals surface area contributed by atoms with Gasteiger partial charge in [-0.25, -0.2) is 39.1 Å². The van der Waals surface area contributed by atoms with Gasteiger partial charge in [0.05, 0.1) is 90.3 Å². The molecule has 2 saturated carbocycles. The Morgan fingerprint density at radius 1 is 0.372 bits per heavy atom. The number of carboxylic acids is 4. The highest BCUT2D eigenvalue weighted by Gasteiger charge is 2.35. The molecule has 0 aromatic carbocycles. The Kier molecular flexibility index (Phi) is 19.3. The third-order valence-electron chi connectivity index (χ3n) is 17.5. The first-order chi connectivity index (χ1) is 45.1. The first kappa shape index (κ1) is 64.7. The van der Waals surface area contributed by atoms with Crippen molar-refractivity contribution in [3.63, 3.8) is 0 Å². The van der Waals surface area contributed by atoms with Gasteiger partial charge in [-0.1, -0.05) is 0 Å². The summed E-state index contributed by atoms with van der Waals surface area (Å²) < 4.78 is 0. The Morgan fingerprint density at radius 2 is 0.660 bits per heavy atom. The summed E-state index contributed by atoms with van der Waals surface area (Å²) in [7, 11) is 0. The number of hydrogen-bond acceptors (Lipinski definition) is 19. The zero-order valence-electron chi connectivity index (χ0n) is 50.7. The molecule has 486 valence electrons. The van der Waals surface area contributed by atoms with Crippen LogP contribution in [-0.4, -0.2) is 175 Å². The molecule has 9 heterocycles. The lowest BCUT2D eigenvalue weighted by Crippen LogP contribution is -2.41. The van der Waals surface area contributed by atoms with E-state index in [1.165, 1.54) is 88.7 Å². The fourth-order valence-corrected chi connectivity index (χ4v) is 12.8. The van der Waals surface area contributed by atoms with Crippen molar-refractivity contribution in [2.75, 3.05) is 39.3 Å². The molecule has 11 rings (SSSR count). The van der Waals surface area contributed by atoms with E-state index >= 15 is 0 Å². The van der Waals surface area contributed by atoms with Gasteiger partial charge in [0.1, 0.15) is 0 Å². The summed E-state index contributed by atoms with van der Waals surface area (Å²) >= 11 is 0. The quantitative estimate of drug-likeness (QED) is 0.0462. The number of carbonyl (C=O) groups excluding carboxylic acids is 8. The molecule has 0 unspecified atom stereocenters. The molecule has 8 amide bonds. The van der Waals surface area contributed by atoms with Crippen molar-refractivity contribution >= 4 is 71.1 Å². The number of fused-ring (bicyclic) bond motifs is 12. The fraction of sp³-hybridized carbons (Fsp3) is 0.369. The van der Waals surface area contributed by atoms with Crippen molar-refractivity contribution in [2.45, 2.75) is 90.6 Å². The average Bonchev–Trinajstić information content (AvgIpc) is 1.65. The molecule has 94 heavy (non-hydrogen) atoms. The Balaban J connectivity index is 0.938. The second kappa shape index (κ2) is 28.0. The number of nitrogens with one attached hydrogen (secondary N) is 4. The van der Waals surface area contributed by atoms with E-state index in [1.807, 2.05) is 0 Å². The fourth-order valence-electron chi connectivity index (χ4n) is 12.8. The molecule has 29 heteroatoms. The van der Waals surface area contributed by atoms with Crippen LogP contribution in [0.2, 0.25) is 0 Å². The van der Waals surface area contributed by atoms with Gasteiger partial charge in [-0.2, -0.15) is 0 Å². The molecule has 5 aromatic heterocycles. The molecule has 0 atom stereocenters. The minimum Gasteiger partial charge on any atom is -0.478 e. The zero-order valence-corrected chi connectivity index (χ0v) is 50.7. The molecule has 4 aliphatic heterocycles. The predicted molar refractivity (Wildman–Crippen MR) is 326 cm³/mol. The van der Waals surface area contributed by atoms with Crippen LogP contribution in [0.1, 0.15) is 148 Å². The molecule has 8 N–H and O–H groups in total. The maximum absolute atomic E-state index is 15.0. The van der Waals surface area contributed by atoms with Gasteiger partial charge in [0, 0.05) is 115 Å². The SMILES string of the molecule is O=C(O)c1cc2nc(c1)-c1cc(C(=O)O)cc(n1)CN1Cc3cc(C(=O)O)cc(n3)-c3cc(C(=O)O)cc(n3)CN(C2)Cc2nc(c(C(=O)NCCNC(=O)C3CCC(CN4C(=O)C=CC4=O)CC3)cc2C(=O)NCCNC(=O)C2CCC(CN3C(=O)C=CC3=O)CC2)C1. The molecule has 2 aliphatic carbocycles. The van der Waals surface area contributed by atoms with Crippen LogP contribution in [0, 0.1) is 23.7 Å². The smallest absolute Gasteiger partial charge is 0.335 e. The minimum atomic E-state index is -1.37. The molecular formula is C65H65N13O16. The minimum absolute atomic E-state index is 0.0223. The molecular weight excluding hydrogens is 1220 g/mol. The average molecular weight is 1280 g/mol. The monoisotopic (exact) mass is 1280 g/mol. The number of carboxylic acid groups (broad SMARTS) is 4. The van der Waals surface area contributed by atoms with E-state index in [9.17, 15) is 78.0 Å². The van der Waals surface area contributed by atoms with Crippen molar-refractivity contribution in [3.05, 3.63) is 146 Å². The number of imide groups is 2. The van der Waals surface area contributed by atoms with E-state index in [2.05, 4.69) is 21.3 Å². The van der Waals surface area contributed by atoms with Gasteiger partial charge in [-0.3, -0.25) is 62.9 Å². The van der Waals surface area contributed by atoms with E-state index in [1.54, 1.807) is 9.80 Å². The number of hydrogen-bond donors (Lipinski definition) is 8. The molecule has 0 radical (unpaired) electrons. The summed E-state index contributed by atoms with van der Waals surface area (Å²) in [5.41, 5.74) is -1.09. The Bertz CT molecular complexity index is 3640. The van der Waals surface area contributed by atoms with Gasteiger partial charge in [0.15, 0.2) is 0 Å². The van der Waals surface area contributed by atoms with Crippen molar-refractivity contribution in [3.8, 4) is 22.8 Å². The number of carbonyl (C=O) groups is 12. The largest absolute Gasteiger partial charge is 0.478 e. The van der Waals surface area contributed by atoms with E-state index in [-0.39, 0.29) is 228 Å². The van der Waals surface area contributed by atoms with Crippen LogP contribution >= 0.6 is 0 Å². The van der Waals surface area contributed by atoms with Crippen LogP contribution in [0.3, 0.4) is 0 Å². The highest BCUT2D eigenvalue weighted by molar-refractivity contribution is 6.13. The van der Waals surface area contributed by atoms with E-state index in [0.29, 0.717) is 51.4 Å². The first-order valence-corrected chi connectivity index (χ1v) is 30.7. The highest BCUT2D eigenvalue weighted by atomic mass is 16.4. The maximum atomic E-state index is 15.0. The van der Waals surface area contributed by atoms with Crippen molar-refractivity contribution in [2.24, 2.45) is 23.7 Å². The zero-order chi connectivity index (χ0) is 66.5. The van der Waals surface area contributed by atoms with E-state index < -0.39 is 35.7 Å². The lowest BCUT2D eigenvalue weighted by atomic mass is 9.81. The Morgan fingerprint density at radius 3 is 0.947 bits per heavy atom. The molecule has 12 bridgehead atoms. The van der Waals surface area contributed by atoms with Crippen LogP contribution in [-0.2, 0) is 68.0 Å². The van der Waals surface area contributed by atoms with E-state index in [4.69, 9.17) is 24.9 Å². The summed E-state index contributed by atoms with van der Waals surface area (Å²) in [6.07, 6.45) is 9.32. The van der Waals surface area contributed by atoms with Crippen molar-refractivity contribution in [1.82, 2.24) is 65.8 Å². The van der Waals surface area contributed by atoms with Gasteiger partial charge in [0.2, 0.25) is 11.8 Å². The molecule has 0 spiro atoms. The number of rotatable bonds is 18. The summed E-state index contributed by atoms with van der Waals surface area (Å²) in [6.45, 7) is -1.60. The van der Waals surface area contributed by atoms with Crippen LogP contribution in [0.15, 0.2) is 78.9 Å². The second-order valence-electron chi connectivity index (χ2n) is 24.2. The second-order valence-corrected chi connectivity index (χ2v) is 24.2. The van der Waals surface area contributed by atoms with Crippen molar-refractivity contribution in [1.29, 1.82) is 0 Å². The number of aromatic nitrogens is 5. The van der Waals surface area contributed by atoms with Crippen LogP contribution in [0.5, 0.6) is 0 Å². The number of amides is 8. The molecule has 6 aliphatic rings. The molecule has 2 fully saturated rings. The highest BCUT2D eigenvalue weighted by Crippen LogP contribution is 2.33. The lowest BCUT2D eigenvalue weighted by molar-refractivity contribution is -0.139.